The summed E-state index contributed by atoms with van der Waals surface area (Å²) in [5.41, 5.74) is -0.393. The van der Waals surface area contributed by atoms with E-state index in [1.165, 1.54) is 6.42 Å². The van der Waals surface area contributed by atoms with Gasteiger partial charge in [-0.05, 0) is 33.6 Å². The van der Waals surface area contributed by atoms with Gasteiger partial charge >= 0.3 is 6.09 Å². The molecule has 2 fully saturated rings. The van der Waals surface area contributed by atoms with E-state index in [-0.39, 0.29) is 6.09 Å². The molecule has 2 aliphatic heterocycles. The molecule has 2 saturated heterocycles. The van der Waals surface area contributed by atoms with Gasteiger partial charge in [0.05, 0.1) is 13.1 Å². The number of likely N-dealkylation sites (tertiary alicyclic amines) is 1. The molecule has 0 radical (unpaired) electrons. The van der Waals surface area contributed by atoms with Crippen LogP contribution in [0.25, 0.3) is 0 Å². The van der Waals surface area contributed by atoms with Crippen LogP contribution in [0.5, 0.6) is 0 Å². The summed E-state index contributed by atoms with van der Waals surface area (Å²) >= 11 is 0. The molecule has 2 aliphatic rings. The summed E-state index contributed by atoms with van der Waals surface area (Å²) in [4.78, 5) is 12.9. The van der Waals surface area contributed by atoms with Crippen molar-refractivity contribution in [2.45, 2.75) is 65.0 Å². The normalized spacial score (nSPS) is 32.9. The number of ether oxygens (including phenoxy) is 1. The van der Waals surface area contributed by atoms with Crippen molar-refractivity contribution in [3.8, 4) is 0 Å². The van der Waals surface area contributed by atoms with Crippen LogP contribution in [0.1, 0.15) is 53.4 Å². The zero-order valence-electron chi connectivity index (χ0n) is 13.6. The van der Waals surface area contributed by atoms with Crippen molar-refractivity contribution < 1.29 is 14.0 Å². The number of carbonyl (C=O) groups is 1. The van der Waals surface area contributed by atoms with Gasteiger partial charge in [-0.3, -0.25) is 0 Å². The Morgan fingerprint density at radius 2 is 1.85 bits per heavy atom. The molecule has 0 aromatic heterocycles. The molecule has 0 aromatic rings. The summed E-state index contributed by atoms with van der Waals surface area (Å²) in [5.74, 6) is 0.617. The van der Waals surface area contributed by atoms with Gasteiger partial charge in [-0.1, -0.05) is 6.92 Å². The van der Waals surface area contributed by atoms with Crippen LogP contribution >= 0.6 is 0 Å². The van der Waals surface area contributed by atoms with Crippen molar-refractivity contribution in [2.24, 2.45) is 5.92 Å². The minimum Gasteiger partial charge on any atom is -0.414 e. The molecule has 2 heterocycles. The van der Waals surface area contributed by atoms with Crippen LogP contribution in [0.2, 0.25) is 0 Å². The fourth-order valence-electron chi connectivity index (χ4n) is 3.76. The molecule has 0 spiro atoms. The van der Waals surface area contributed by atoms with Crippen LogP contribution in [0, 0.1) is 5.92 Å². The highest BCUT2D eigenvalue weighted by atomic mass is 16.6. The molecule has 1 amide bonds. The van der Waals surface area contributed by atoms with E-state index in [4.69, 9.17) is 4.74 Å². The molecule has 4 heteroatoms. The van der Waals surface area contributed by atoms with Crippen molar-refractivity contribution in [1.29, 1.82) is 0 Å². The third-order valence-electron chi connectivity index (χ3n) is 4.66. The first-order valence-corrected chi connectivity index (χ1v) is 8.14. The van der Waals surface area contributed by atoms with Crippen molar-refractivity contribution in [3.05, 3.63) is 0 Å². The molecular weight excluding hydrogens is 252 g/mol. The minimum atomic E-state index is -0.393. The summed E-state index contributed by atoms with van der Waals surface area (Å²) < 4.78 is 6.36. The van der Waals surface area contributed by atoms with Crippen LogP contribution in [-0.4, -0.2) is 48.4 Å². The molecule has 116 valence electrons. The fourth-order valence-corrected chi connectivity index (χ4v) is 3.76. The van der Waals surface area contributed by atoms with Gasteiger partial charge in [0.25, 0.3) is 0 Å². The zero-order chi connectivity index (χ0) is 14.8. The Hall–Kier alpha value is -0.610. The number of nitrogens with zero attached hydrogens (tertiary/aromatic N) is 1. The Morgan fingerprint density at radius 3 is 2.40 bits per heavy atom. The summed E-state index contributed by atoms with van der Waals surface area (Å²) in [6, 6.07) is 0.439. The molecule has 1 unspecified atom stereocenters. The summed E-state index contributed by atoms with van der Waals surface area (Å²) in [5, 5.41) is 3.41. The quantitative estimate of drug-likeness (QED) is 0.752. The maximum absolute atomic E-state index is 12.9. The molecule has 0 saturated carbocycles. The topological polar surface area (TPSA) is 38.3 Å². The fraction of sp³-hybridized carbons (Fsp3) is 0.938. The van der Waals surface area contributed by atoms with Crippen LogP contribution < -0.4 is 5.32 Å². The van der Waals surface area contributed by atoms with Gasteiger partial charge in [0.2, 0.25) is 0 Å². The number of piperidine rings is 2. The number of quaternary nitrogens is 1. The molecule has 0 aromatic carbocycles. The number of amides is 1. The number of rotatable bonds is 1. The highest BCUT2D eigenvalue weighted by Gasteiger charge is 2.49. The molecular formula is C16H31N2O2+. The molecule has 1 N–H and O–H groups in total. The van der Waals surface area contributed by atoms with Crippen molar-refractivity contribution in [2.75, 3.05) is 26.2 Å². The Labute approximate surface area is 123 Å². The Morgan fingerprint density at radius 1 is 1.20 bits per heavy atom. The van der Waals surface area contributed by atoms with E-state index in [9.17, 15) is 4.79 Å². The maximum Gasteiger partial charge on any atom is 0.516 e. The van der Waals surface area contributed by atoms with E-state index in [0.29, 0.717) is 16.4 Å². The maximum atomic E-state index is 12.9. The summed E-state index contributed by atoms with van der Waals surface area (Å²) in [6.07, 6.45) is 4.58. The first-order valence-electron chi connectivity index (χ1n) is 8.14. The van der Waals surface area contributed by atoms with Crippen LogP contribution in [0.15, 0.2) is 0 Å². The molecule has 20 heavy (non-hydrogen) atoms. The van der Waals surface area contributed by atoms with Gasteiger partial charge in [0.15, 0.2) is 0 Å². The predicted molar refractivity (Wildman–Crippen MR) is 80.5 cm³/mol. The second-order valence-electron chi connectivity index (χ2n) is 7.65. The Bertz CT molecular complexity index is 345. The van der Waals surface area contributed by atoms with Gasteiger partial charge in [0.1, 0.15) is 11.6 Å². The largest absolute Gasteiger partial charge is 0.516 e. The molecule has 2 rings (SSSR count). The van der Waals surface area contributed by atoms with E-state index >= 15 is 0 Å². The lowest BCUT2D eigenvalue weighted by molar-refractivity contribution is -0.892. The standard InChI is InChI=1S/C16H31N2O2/c1-13-6-5-11-18(12-13,14-7-9-17-10-8-14)15(19)20-16(2,3)4/h13-14,17H,5-12H2,1-4H3/q+1/t13-,18?/m1/s1. The van der Waals surface area contributed by atoms with Crippen molar-refractivity contribution in [3.63, 3.8) is 0 Å². The number of hydrogen-bond donors (Lipinski definition) is 1. The minimum absolute atomic E-state index is 0.0101. The van der Waals surface area contributed by atoms with Gasteiger partial charge < -0.3 is 10.1 Å². The molecule has 4 nitrogen and oxygen atoms in total. The van der Waals surface area contributed by atoms with Crippen molar-refractivity contribution >= 4 is 6.09 Å². The average molecular weight is 283 g/mol. The highest BCUT2D eigenvalue weighted by Crippen LogP contribution is 2.32. The number of nitrogens with one attached hydrogen (secondary N) is 1. The molecule has 0 bridgehead atoms. The van der Waals surface area contributed by atoms with E-state index in [2.05, 4.69) is 12.2 Å². The first-order chi connectivity index (χ1) is 9.33. The SMILES string of the molecule is C[C@@H]1CCC[N+](C(=O)OC(C)(C)C)(C2CCNCC2)C1. The summed E-state index contributed by atoms with van der Waals surface area (Å²) in [6.45, 7) is 12.2. The number of hydrogen-bond acceptors (Lipinski definition) is 3. The van der Waals surface area contributed by atoms with Gasteiger partial charge in [-0.2, -0.15) is 4.79 Å². The Balaban J connectivity index is 2.20. The van der Waals surface area contributed by atoms with E-state index in [0.717, 1.165) is 45.4 Å². The molecule has 2 atom stereocenters. The van der Waals surface area contributed by atoms with Gasteiger partial charge in [-0.15, -0.1) is 0 Å². The van der Waals surface area contributed by atoms with Crippen LogP contribution in [-0.2, 0) is 4.74 Å². The second-order valence-corrected chi connectivity index (χ2v) is 7.65. The van der Waals surface area contributed by atoms with E-state index in [1.807, 2.05) is 20.8 Å². The highest BCUT2D eigenvalue weighted by molar-refractivity contribution is 5.60. The Kier molecular flexibility index (Phi) is 4.75. The molecule has 0 aliphatic carbocycles. The summed E-state index contributed by atoms with van der Waals surface area (Å²) in [7, 11) is 0. The average Bonchev–Trinajstić information content (AvgIpc) is 2.37. The first kappa shape index (κ1) is 15.8. The third-order valence-corrected chi connectivity index (χ3v) is 4.66. The van der Waals surface area contributed by atoms with Crippen LogP contribution in [0.3, 0.4) is 0 Å². The lowest BCUT2D eigenvalue weighted by Gasteiger charge is -2.47. The lowest BCUT2D eigenvalue weighted by Crippen LogP contribution is -2.65. The monoisotopic (exact) mass is 283 g/mol. The van der Waals surface area contributed by atoms with Crippen LogP contribution in [0.4, 0.5) is 4.79 Å². The van der Waals surface area contributed by atoms with E-state index in [1.54, 1.807) is 0 Å². The van der Waals surface area contributed by atoms with Gasteiger partial charge in [0, 0.05) is 31.8 Å². The smallest absolute Gasteiger partial charge is 0.414 e. The predicted octanol–water partition coefficient (Wildman–Crippen LogP) is 2.92. The van der Waals surface area contributed by atoms with Gasteiger partial charge in [-0.25, -0.2) is 4.48 Å². The zero-order valence-corrected chi connectivity index (χ0v) is 13.6. The second kappa shape index (κ2) is 6.02. The lowest BCUT2D eigenvalue weighted by atomic mass is 9.92. The number of carbonyl (C=O) groups excluding carboxylic acids is 1. The van der Waals surface area contributed by atoms with E-state index < -0.39 is 5.60 Å². The van der Waals surface area contributed by atoms with Crippen molar-refractivity contribution in [1.82, 2.24) is 5.32 Å². The third kappa shape index (κ3) is 3.53.